The van der Waals surface area contributed by atoms with Gasteiger partial charge in [0, 0.05) is 103 Å². The van der Waals surface area contributed by atoms with Crippen LogP contribution in [0.4, 0.5) is 23.0 Å². The fourth-order valence-electron chi connectivity index (χ4n) is 11.9. The molecule has 0 saturated heterocycles. The lowest BCUT2D eigenvalue weighted by molar-refractivity contribution is 0.182. The van der Waals surface area contributed by atoms with Gasteiger partial charge in [-0.2, -0.15) is 4.98 Å². The van der Waals surface area contributed by atoms with Crippen molar-refractivity contribution in [2.75, 3.05) is 23.4 Å². The average molecular weight is 1570 g/mol. The van der Waals surface area contributed by atoms with Crippen LogP contribution in [0.3, 0.4) is 0 Å². The van der Waals surface area contributed by atoms with Crippen LogP contribution in [0.25, 0.3) is 78.0 Å². The van der Waals surface area contributed by atoms with E-state index in [4.69, 9.17) is 16.2 Å². The number of nitrogens with two attached hydrogens (primary N) is 2. The molecule has 34 nitrogen and oxygen atoms in total. The number of aromatic amines is 2. The number of aromatic nitrogens is 26. The van der Waals surface area contributed by atoms with Gasteiger partial charge in [0.1, 0.15) is 52.0 Å². The van der Waals surface area contributed by atoms with E-state index in [0.717, 1.165) is 79.6 Å². The third-order valence-corrected chi connectivity index (χ3v) is 17.9. The van der Waals surface area contributed by atoms with Gasteiger partial charge < -0.3 is 73.1 Å². The van der Waals surface area contributed by atoms with E-state index in [1.165, 1.54) is 11.9 Å². The normalized spacial score (nSPS) is 12.3. The average Bonchev–Trinajstić information content (AvgIpc) is 1.66. The van der Waals surface area contributed by atoms with Crippen molar-refractivity contribution in [1.29, 1.82) is 0 Å². The van der Waals surface area contributed by atoms with Crippen molar-refractivity contribution in [3.8, 4) is 5.88 Å². The van der Waals surface area contributed by atoms with E-state index in [-0.39, 0.29) is 30.6 Å². The van der Waals surface area contributed by atoms with Crippen molar-refractivity contribution in [3.63, 3.8) is 0 Å². The summed E-state index contributed by atoms with van der Waals surface area (Å²) >= 11 is 0. The molecule has 1 aliphatic heterocycles. The summed E-state index contributed by atoms with van der Waals surface area (Å²) in [6, 6.07) is 22.4. The summed E-state index contributed by atoms with van der Waals surface area (Å²) in [6.45, 7) is 40.2. The number of rotatable bonds is 13. The Morgan fingerprint density at radius 2 is 0.991 bits per heavy atom. The summed E-state index contributed by atoms with van der Waals surface area (Å²) in [5.74, 6) is 3.47. The molecule has 16 heterocycles. The molecule has 16 aromatic rings. The second-order valence-corrected chi connectivity index (χ2v) is 29.0. The predicted molar refractivity (Wildman–Crippen MR) is 455 cm³/mol. The number of aliphatic hydroxyl groups excluding tert-OH is 1. The maximum Gasteiger partial charge on any atom is 0.279 e. The van der Waals surface area contributed by atoms with E-state index in [1.54, 1.807) is 75.8 Å². The van der Waals surface area contributed by atoms with Crippen LogP contribution in [0.5, 0.6) is 5.88 Å². The molecule has 0 aliphatic carbocycles. The van der Waals surface area contributed by atoms with Crippen LogP contribution >= 0.6 is 0 Å². The number of ether oxygens (including phenoxy) is 1. The number of imidazole rings is 7. The number of aryl methyl sites for hydroxylation is 2. The number of fused-ring (bicyclic) bond motifs is 8. The number of hydrogen-bond donors (Lipinski definition) is 6. The Balaban J connectivity index is 0.000000151. The molecule has 0 bridgehead atoms. The number of anilines is 3. The number of nitrogen functional groups attached to an aromatic ring is 2. The summed E-state index contributed by atoms with van der Waals surface area (Å²) in [4.78, 5) is 99.9. The highest BCUT2D eigenvalue weighted by Gasteiger charge is 2.22. The number of hydrogen-bond acceptors (Lipinski definition) is 24. The molecular weight excluding hydrogens is 1460 g/mol. The van der Waals surface area contributed by atoms with Crippen molar-refractivity contribution in [2.24, 2.45) is 4.99 Å². The van der Waals surface area contributed by atoms with Gasteiger partial charge in [0.25, 0.3) is 11.1 Å². The van der Waals surface area contributed by atoms with Crippen LogP contribution in [0.15, 0.2) is 157 Å². The predicted octanol–water partition coefficient (Wildman–Crippen LogP) is 14.9. The molecule has 0 amide bonds. The maximum absolute atomic E-state index is 11.5. The van der Waals surface area contributed by atoms with Crippen LogP contribution in [0.2, 0.25) is 0 Å². The third-order valence-electron chi connectivity index (χ3n) is 17.9. The first-order chi connectivity index (χ1) is 54.6. The molecule has 8 N–H and O–H groups in total. The van der Waals surface area contributed by atoms with Gasteiger partial charge in [-0.15, -0.1) is 0 Å². The lowest BCUT2D eigenvalue weighted by Gasteiger charge is -2.14. The van der Waals surface area contributed by atoms with E-state index in [0.29, 0.717) is 101 Å². The second-order valence-electron chi connectivity index (χ2n) is 29.0. The molecule has 17 rings (SSSR count). The van der Waals surface area contributed by atoms with E-state index in [2.05, 4.69) is 204 Å². The number of benzene rings is 1. The number of nitrogens with one attached hydrogen (secondary N) is 3. The van der Waals surface area contributed by atoms with Crippen molar-refractivity contribution in [3.05, 3.63) is 186 Å². The van der Waals surface area contributed by atoms with Crippen molar-refractivity contribution in [1.82, 2.24) is 126 Å². The summed E-state index contributed by atoms with van der Waals surface area (Å²) in [5, 5.41) is 14.0. The van der Waals surface area contributed by atoms with Gasteiger partial charge in [0.15, 0.2) is 62.1 Å². The monoisotopic (exact) mass is 1560 g/mol. The summed E-state index contributed by atoms with van der Waals surface area (Å²) in [6.07, 6.45) is 24.3. The Morgan fingerprint density at radius 3 is 1.60 bits per heavy atom. The molecule has 0 radical (unpaired) electrons. The standard InChI is InChI=1S/C15H17N5.C11H16N4O.C10H13N3.C9H12N4O.C9H12N4.C9H13N3O.C9H11N3.C8H10N4O.CH4/c1-11(2)20-10-19-13-14(17-9-18-15(13)20)16-8-12-6-4-3-5-7-12;1-5-16-11-9-10(13-8(4)14-11)15(6-12-9)7(2)3;1-7(2)13-6-4-8-9(11)3-5-12-10(8)13;1-5(2)13-4-10-7-8(13)11-6(3)12-9(7)14;1-6(2)13-5-12-8-7(10)3-4-11-9(8)13;1-6(2)12-5-11-8-7(13)3-4-10-9(8)12;1-7(2)12-6-11-8-4-3-5-10-9(8)12;1-5(2)12-4-11-6-7(12)9-3-10-8(6)13;/h3-7,9-11H,8H2,1-2H3,(H,16,17,18);6-7H,5H2,1-4H3;3-7H,1-2H3,(H2,11,12);4-5H,1-3H3,(H,11,12,14);3-6H,1-2H3,(H2,10,11);4-7,13H,3H2,1-2H3;3-7H,1-2H3;3-5H,1-2H3,(H,9,10,13);1H4. The third kappa shape index (κ3) is 20.4. The zero-order valence-corrected chi connectivity index (χ0v) is 68.2. The fourth-order valence-corrected chi connectivity index (χ4v) is 11.9. The molecule has 115 heavy (non-hydrogen) atoms. The molecule has 15 aromatic heterocycles. The highest BCUT2D eigenvalue weighted by Crippen LogP contribution is 2.32. The van der Waals surface area contributed by atoms with Crippen molar-refractivity contribution in [2.45, 2.75) is 206 Å². The van der Waals surface area contributed by atoms with Gasteiger partial charge in [-0.1, -0.05) is 37.8 Å². The first-order valence-corrected chi connectivity index (χ1v) is 38.0. The largest absolute Gasteiger partial charge is 0.476 e. The molecule has 1 aliphatic rings. The molecule has 1 unspecified atom stereocenters. The van der Waals surface area contributed by atoms with E-state index < -0.39 is 6.10 Å². The van der Waals surface area contributed by atoms with Gasteiger partial charge in [-0.25, -0.2) is 79.8 Å². The molecular formula is C81H108N30O4. The number of H-pyrrole nitrogens is 2. The molecule has 606 valence electrons. The smallest absolute Gasteiger partial charge is 0.279 e. The van der Waals surface area contributed by atoms with Crippen LogP contribution in [0, 0.1) is 13.8 Å². The van der Waals surface area contributed by atoms with Crippen LogP contribution in [-0.4, -0.2) is 144 Å². The molecule has 0 fully saturated rings. The van der Waals surface area contributed by atoms with Gasteiger partial charge in [-0.3, -0.25) is 9.59 Å². The van der Waals surface area contributed by atoms with Crippen molar-refractivity contribution >= 4 is 107 Å². The summed E-state index contributed by atoms with van der Waals surface area (Å²) in [7, 11) is 0. The Hall–Kier alpha value is -13.0. The van der Waals surface area contributed by atoms with Crippen LogP contribution in [0.1, 0.15) is 209 Å². The van der Waals surface area contributed by atoms with Gasteiger partial charge in [0.2, 0.25) is 5.88 Å². The fraction of sp³-hybridized carbons (Fsp3) is 0.395. The summed E-state index contributed by atoms with van der Waals surface area (Å²) < 4.78 is 21.4. The zero-order valence-electron chi connectivity index (χ0n) is 68.2. The minimum Gasteiger partial charge on any atom is -0.476 e. The maximum atomic E-state index is 11.5. The number of aliphatic imine (C=N–C) groups is 1. The minimum absolute atomic E-state index is 0. The lowest BCUT2D eigenvalue weighted by atomic mass is 10.1. The van der Waals surface area contributed by atoms with E-state index in [1.807, 2.05) is 130 Å². The molecule has 34 heteroatoms. The van der Waals surface area contributed by atoms with E-state index in [9.17, 15) is 14.7 Å². The number of pyridine rings is 3. The van der Waals surface area contributed by atoms with E-state index >= 15 is 0 Å². The first kappa shape index (κ1) is 86.0. The van der Waals surface area contributed by atoms with Crippen LogP contribution in [-0.2, 0) is 6.54 Å². The molecule has 1 atom stereocenters. The lowest BCUT2D eigenvalue weighted by Crippen LogP contribution is -2.11. The summed E-state index contributed by atoms with van der Waals surface area (Å²) in [5.41, 5.74) is 24.5. The molecule has 0 spiro atoms. The SMILES string of the molecule is C.CC(C)n1ccc2c(N)ccnc21.CC(C)n1cnc2c(=O)[nH]cnc21.CC(C)n1cnc2c(N)ccnc21.CC(C)n1cnc2c(NCc3ccccc3)ncnc21.CC(C)n1cnc2c1N=CCC2O.CC(C)n1cnc2cccnc21.CCOc1nc(C)nc2c1ncn2C(C)C.Cc1nc2c(ncn2C(C)C)c(=O)[nH]1. The second kappa shape index (κ2) is 39.0. The number of aliphatic hydroxyl groups is 1. The topological polar surface area (TPSA) is 417 Å². The molecule has 0 saturated carbocycles. The Labute approximate surface area is 666 Å². The van der Waals surface area contributed by atoms with Crippen LogP contribution < -0.4 is 32.6 Å². The Morgan fingerprint density at radius 1 is 0.487 bits per heavy atom. The Kier molecular flexibility index (Phi) is 29.1. The zero-order chi connectivity index (χ0) is 82.2. The van der Waals surface area contributed by atoms with Gasteiger partial charge >= 0.3 is 0 Å². The molecule has 1 aromatic carbocycles. The minimum atomic E-state index is -0.479. The van der Waals surface area contributed by atoms with Crippen molar-refractivity contribution < 1.29 is 9.84 Å². The highest BCUT2D eigenvalue weighted by atomic mass is 16.5. The first-order valence-electron chi connectivity index (χ1n) is 38.0. The Bertz CT molecular complexity index is 5880. The highest BCUT2D eigenvalue weighted by molar-refractivity contribution is 5.88. The van der Waals surface area contributed by atoms with Gasteiger partial charge in [0.05, 0.1) is 62.9 Å². The number of nitrogens with zero attached hydrogens (tertiary/aromatic N) is 25. The quantitative estimate of drug-likeness (QED) is 0.0624. The van der Waals surface area contributed by atoms with Gasteiger partial charge in [-0.05, 0) is 167 Å².